The van der Waals surface area contributed by atoms with Crippen LogP contribution in [0.1, 0.15) is 46.6 Å². The molecule has 3 atom stereocenters. The molecule has 1 rings (SSSR count). The van der Waals surface area contributed by atoms with Gasteiger partial charge in [0.25, 0.3) is 0 Å². The van der Waals surface area contributed by atoms with Gasteiger partial charge in [-0.2, -0.15) is 0 Å². The summed E-state index contributed by atoms with van der Waals surface area (Å²) in [6, 6.07) is 7.89. The molecule has 4 heteroatoms. The van der Waals surface area contributed by atoms with Crippen molar-refractivity contribution in [3.8, 4) is 5.75 Å². The van der Waals surface area contributed by atoms with E-state index in [0.717, 1.165) is 17.7 Å². The van der Waals surface area contributed by atoms with Crippen molar-refractivity contribution in [3.63, 3.8) is 0 Å². The smallest absolute Gasteiger partial charge is 0.333 e. The molecule has 0 saturated carbocycles. The van der Waals surface area contributed by atoms with E-state index in [2.05, 4.69) is 20.8 Å². The van der Waals surface area contributed by atoms with Gasteiger partial charge in [-0.05, 0) is 37.5 Å². The van der Waals surface area contributed by atoms with Gasteiger partial charge in [0.15, 0.2) is 0 Å². The largest absolute Gasteiger partial charge is 0.497 e. The van der Waals surface area contributed by atoms with Crippen LogP contribution in [0.15, 0.2) is 35.9 Å². The van der Waals surface area contributed by atoms with Crippen LogP contribution < -0.4 is 4.74 Å². The maximum Gasteiger partial charge on any atom is 0.333 e. The lowest BCUT2D eigenvalue weighted by Crippen LogP contribution is -2.28. The third-order valence-electron chi connectivity index (χ3n) is 4.43. The highest BCUT2D eigenvalue weighted by atomic mass is 16.5. The van der Waals surface area contributed by atoms with Gasteiger partial charge in [0, 0.05) is 11.5 Å². The molecule has 0 aliphatic carbocycles. The summed E-state index contributed by atoms with van der Waals surface area (Å²) in [6.45, 7) is 11.0. The highest BCUT2D eigenvalue weighted by Crippen LogP contribution is 2.24. The van der Waals surface area contributed by atoms with Crippen molar-refractivity contribution in [3.05, 3.63) is 41.5 Å². The second-order valence-corrected chi connectivity index (χ2v) is 6.44. The molecule has 0 bridgehead atoms. The Morgan fingerprint density at radius 3 is 2.32 bits per heavy atom. The number of esters is 1. The van der Waals surface area contributed by atoms with Gasteiger partial charge in [-0.3, -0.25) is 0 Å². The van der Waals surface area contributed by atoms with E-state index >= 15 is 0 Å². The zero-order chi connectivity index (χ0) is 18.8. The number of ether oxygens (including phenoxy) is 3. The summed E-state index contributed by atoms with van der Waals surface area (Å²) < 4.78 is 16.5. The van der Waals surface area contributed by atoms with Crippen LogP contribution in [0.3, 0.4) is 0 Å². The molecule has 25 heavy (non-hydrogen) atoms. The first-order valence-corrected chi connectivity index (χ1v) is 9.02. The van der Waals surface area contributed by atoms with Crippen molar-refractivity contribution >= 4 is 5.97 Å². The van der Waals surface area contributed by atoms with Crippen LogP contribution >= 0.6 is 0 Å². The van der Waals surface area contributed by atoms with Crippen molar-refractivity contribution in [2.45, 2.75) is 53.8 Å². The third-order valence-corrected chi connectivity index (χ3v) is 4.43. The first kappa shape index (κ1) is 21.2. The molecule has 0 radical (unpaired) electrons. The molecule has 0 aliphatic heterocycles. The van der Waals surface area contributed by atoms with Crippen LogP contribution in [-0.2, 0) is 20.9 Å². The lowest BCUT2D eigenvalue weighted by molar-refractivity contribution is -0.138. The Morgan fingerprint density at radius 1 is 1.16 bits per heavy atom. The Hall–Kier alpha value is -1.81. The molecule has 0 saturated heterocycles. The van der Waals surface area contributed by atoms with Crippen LogP contribution in [0.25, 0.3) is 0 Å². The van der Waals surface area contributed by atoms with E-state index in [1.165, 1.54) is 0 Å². The summed E-state index contributed by atoms with van der Waals surface area (Å²) in [5.41, 5.74) is 1.74. The minimum atomic E-state index is -0.257. The van der Waals surface area contributed by atoms with Gasteiger partial charge < -0.3 is 14.2 Å². The molecule has 0 aliphatic rings. The van der Waals surface area contributed by atoms with Crippen LogP contribution in [0, 0.1) is 11.8 Å². The average Bonchev–Trinajstić information content (AvgIpc) is 2.62. The fourth-order valence-electron chi connectivity index (χ4n) is 2.78. The molecular weight excluding hydrogens is 316 g/mol. The maximum absolute atomic E-state index is 11.8. The quantitative estimate of drug-likeness (QED) is 0.451. The van der Waals surface area contributed by atoms with Crippen LogP contribution in [0.2, 0.25) is 0 Å². The predicted octanol–water partition coefficient (Wildman–Crippen LogP) is 4.77. The van der Waals surface area contributed by atoms with E-state index in [4.69, 9.17) is 14.2 Å². The van der Waals surface area contributed by atoms with Gasteiger partial charge in [-0.1, -0.05) is 45.4 Å². The molecule has 0 fully saturated rings. The molecule has 140 valence electrons. The molecule has 1 aromatic rings. The SMILES string of the molecule is CCOC(=O)/C(C)=C/[C@H](C)[C@H](OCc1ccc(OC)cc1)[C@@H](C)CC. The molecule has 0 aromatic heterocycles. The Morgan fingerprint density at radius 2 is 1.80 bits per heavy atom. The number of carbonyl (C=O) groups excluding carboxylic acids is 1. The Labute approximate surface area is 152 Å². The van der Waals surface area contributed by atoms with E-state index in [1.807, 2.05) is 37.3 Å². The zero-order valence-corrected chi connectivity index (χ0v) is 16.4. The summed E-state index contributed by atoms with van der Waals surface area (Å²) in [4.78, 5) is 11.8. The second-order valence-electron chi connectivity index (χ2n) is 6.44. The number of carbonyl (C=O) groups is 1. The topological polar surface area (TPSA) is 44.8 Å². The summed E-state index contributed by atoms with van der Waals surface area (Å²) in [5, 5.41) is 0. The van der Waals surface area contributed by atoms with Gasteiger partial charge >= 0.3 is 5.97 Å². The summed E-state index contributed by atoms with van der Waals surface area (Å²) in [5.74, 6) is 1.09. The summed E-state index contributed by atoms with van der Waals surface area (Å²) >= 11 is 0. The molecule has 0 unspecified atom stereocenters. The maximum atomic E-state index is 11.8. The lowest BCUT2D eigenvalue weighted by atomic mass is 9.90. The highest BCUT2D eigenvalue weighted by Gasteiger charge is 2.23. The van der Waals surface area contributed by atoms with Gasteiger partial charge in [0.2, 0.25) is 0 Å². The zero-order valence-electron chi connectivity index (χ0n) is 16.4. The highest BCUT2D eigenvalue weighted by molar-refractivity contribution is 5.87. The number of hydrogen-bond donors (Lipinski definition) is 0. The van der Waals surface area contributed by atoms with Crippen LogP contribution in [0.4, 0.5) is 0 Å². The van der Waals surface area contributed by atoms with Gasteiger partial charge in [0.05, 0.1) is 26.4 Å². The normalized spacial score (nSPS) is 15.4. The van der Waals surface area contributed by atoms with E-state index in [1.54, 1.807) is 14.0 Å². The lowest BCUT2D eigenvalue weighted by Gasteiger charge is -2.28. The third kappa shape index (κ3) is 6.91. The molecule has 0 heterocycles. The van der Waals surface area contributed by atoms with E-state index in [-0.39, 0.29) is 18.0 Å². The summed E-state index contributed by atoms with van der Waals surface area (Å²) in [7, 11) is 1.66. The monoisotopic (exact) mass is 348 g/mol. The van der Waals surface area contributed by atoms with Crippen molar-refractivity contribution in [2.75, 3.05) is 13.7 Å². The van der Waals surface area contributed by atoms with Gasteiger partial charge in [-0.25, -0.2) is 4.79 Å². The molecular formula is C21H32O4. The van der Waals surface area contributed by atoms with Gasteiger partial charge in [-0.15, -0.1) is 0 Å². The standard InChI is InChI=1S/C21H32O4/c1-7-15(3)20(16(4)13-17(5)21(22)24-8-2)25-14-18-9-11-19(23-6)12-10-18/h9-13,15-16,20H,7-8,14H2,1-6H3/b17-13+/t15-,16-,20+/m0/s1. The minimum absolute atomic E-state index is 0.0384. The van der Waals surface area contributed by atoms with Crippen LogP contribution in [-0.4, -0.2) is 25.8 Å². The second kappa shape index (κ2) is 10.9. The molecule has 0 amide bonds. The average molecular weight is 348 g/mol. The van der Waals surface area contributed by atoms with Gasteiger partial charge in [0.1, 0.15) is 5.75 Å². The van der Waals surface area contributed by atoms with E-state index in [9.17, 15) is 4.79 Å². The number of rotatable bonds is 10. The summed E-state index contributed by atoms with van der Waals surface area (Å²) in [6.07, 6.45) is 3.02. The predicted molar refractivity (Wildman–Crippen MR) is 101 cm³/mol. The Kier molecular flexibility index (Phi) is 9.28. The van der Waals surface area contributed by atoms with Crippen LogP contribution in [0.5, 0.6) is 5.75 Å². The number of benzene rings is 1. The fourth-order valence-corrected chi connectivity index (χ4v) is 2.78. The van der Waals surface area contributed by atoms with Crippen molar-refractivity contribution in [1.82, 2.24) is 0 Å². The first-order valence-electron chi connectivity index (χ1n) is 9.02. The molecule has 0 N–H and O–H groups in total. The number of methoxy groups -OCH3 is 1. The Bertz CT molecular complexity index is 548. The number of hydrogen-bond acceptors (Lipinski definition) is 4. The van der Waals surface area contributed by atoms with Crippen molar-refractivity contribution in [1.29, 1.82) is 0 Å². The van der Waals surface area contributed by atoms with E-state index in [0.29, 0.717) is 24.7 Å². The molecule has 0 spiro atoms. The first-order chi connectivity index (χ1) is 11.9. The fraction of sp³-hybridized carbons (Fsp3) is 0.571. The van der Waals surface area contributed by atoms with Crippen molar-refractivity contribution < 1.29 is 19.0 Å². The molecule has 1 aromatic carbocycles. The van der Waals surface area contributed by atoms with Crippen molar-refractivity contribution in [2.24, 2.45) is 11.8 Å². The minimum Gasteiger partial charge on any atom is -0.497 e. The Balaban J connectivity index is 2.78. The molecule has 4 nitrogen and oxygen atoms in total. The van der Waals surface area contributed by atoms with E-state index < -0.39 is 0 Å².